The third kappa shape index (κ3) is 3.40. The number of nitrogens with one attached hydrogen (secondary N) is 1. The lowest BCUT2D eigenvalue weighted by atomic mass is 9.88. The van der Waals surface area contributed by atoms with E-state index in [0.717, 1.165) is 79.5 Å². The van der Waals surface area contributed by atoms with Gasteiger partial charge in [-0.25, -0.2) is 14.6 Å². The zero-order valence-electron chi connectivity index (χ0n) is 17.8. The molecule has 2 aliphatic rings. The molecule has 2 aromatic heterocycles. The molecule has 1 N–H and O–H groups in total. The van der Waals surface area contributed by atoms with Crippen molar-refractivity contribution in [2.75, 3.05) is 46.3 Å². The highest BCUT2D eigenvalue weighted by molar-refractivity contribution is 5.91. The number of anilines is 1. The highest BCUT2D eigenvalue weighted by atomic mass is 16.5. The van der Waals surface area contributed by atoms with Crippen LogP contribution in [0.15, 0.2) is 18.2 Å². The number of pyridine rings is 1. The van der Waals surface area contributed by atoms with Crippen LogP contribution < -0.4 is 10.1 Å². The molecule has 0 amide bonds. The van der Waals surface area contributed by atoms with Crippen LogP contribution in [-0.4, -0.2) is 65.6 Å². The SMILES string of the molecule is CNc1cc(C2CCOCC2)c2cc(OC)c(-c3nc4n(n3)CCN(C)C4)cc2n1. The largest absolute Gasteiger partial charge is 0.496 e. The molecule has 3 aromatic rings. The first-order valence-corrected chi connectivity index (χ1v) is 10.6. The Balaban J connectivity index is 1.65. The van der Waals surface area contributed by atoms with Crippen molar-refractivity contribution in [1.29, 1.82) is 0 Å². The lowest BCUT2D eigenvalue weighted by Gasteiger charge is -2.24. The molecule has 0 atom stereocenters. The van der Waals surface area contributed by atoms with Crippen LogP contribution in [0.1, 0.15) is 30.1 Å². The molecule has 8 heteroatoms. The molecule has 0 spiro atoms. The summed E-state index contributed by atoms with van der Waals surface area (Å²) in [5, 5.41) is 9.11. The second-order valence-corrected chi connectivity index (χ2v) is 8.12. The van der Waals surface area contributed by atoms with Gasteiger partial charge in [0.05, 0.1) is 31.3 Å². The fourth-order valence-corrected chi connectivity index (χ4v) is 4.47. The molecule has 5 rings (SSSR count). The quantitative estimate of drug-likeness (QED) is 0.711. The number of likely N-dealkylation sites (N-methyl/N-ethyl adjacent to an activating group) is 1. The zero-order valence-corrected chi connectivity index (χ0v) is 17.8. The van der Waals surface area contributed by atoms with E-state index in [-0.39, 0.29) is 0 Å². The van der Waals surface area contributed by atoms with Crippen LogP contribution >= 0.6 is 0 Å². The Morgan fingerprint density at radius 3 is 2.73 bits per heavy atom. The van der Waals surface area contributed by atoms with Crippen LogP contribution in [0.25, 0.3) is 22.3 Å². The smallest absolute Gasteiger partial charge is 0.185 e. The number of aromatic nitrogens is 4. The average molecular weight is 409 g/mol. The van der Waals surface area contributed by atoms with E-state index in [2.05, 4.69) is 35.5 Å². The van der Waals surface area contributed by atoms with Gasteiger partial charge in [-0.15, -0.1) is 0 Å². The van der Waals surface area contributed by atoms with Crippen molar-refractivity contribution in [3.05, 3.63) is 29.6 Å². The van der Waals surface area contributed by atoms with E-state index in [9.17, 15) is 0 Å². The summed E-state index contributed by atoms with van der Waals surface area (Å²) in [5.74, 6) is 3.80. The Morgan fingerprint density at radius 2 is 1.97 bits per heavy atom. The Labute approximate surface area is 176 Å². The van der Waals surface area contributed by atoms with Gasteiger partial charge in [0.1, 0.15) is 17.4 Å². The predicted octanol–water partition coefficient (Wildman–Crippen LogP) is 2.88. The Kier molecular flexibility index (Phi) is 5.04. The van der Waals surface area contributed by atoms with E-state index in [1.165, 1.54) is 5.56 Å². The summed E-state index contributed by atoms with van der Waals surface area (Å²) in [6.07, 6.45) is 2.05. The zero-order chi connectivity index (χ0) is 20.7. The summed E-state index contributed by atoms with van der Waals surface area (Å²) in [6, 6.07) is 6.35. The first kappa shape index (κ1) is 19.3. The molecule has 8 nitrogen and oxygen atoms in total. The lowest BCUT2D eigenvalue weighted by molar-refractivity contribution is 0.0856. The van der Waals surface area contributed by atoms with Crippen molar-refractivity contribution in [3.63, 3.8) is 0 Å². The molecular formula is C22H28N6O2. The highest BCUT2D eigenvalue weighted by Gasteiger charge is 2.23. The molecule has 1 saturated heterocycles. The number of rotatable bonds is 4. The van der Waals surface area contributed by atoms with Gasteiger partial charge in [-0.05, 0) is 49.6 Å². The number of nitrogens with zero attached hydrogens (tertiary/aromatic N) is 5. The van der Waals surface area contributed by atoms with Gasteiger partial charge in [0, 0.05) is 32.2 Å². The van der Waals surface area contributed by atoms with Gasteiger partial charge in [0.2, 0.25) is 0 Å². The van der Waals surface area contributed by atoms with Crippen LogP contribution in [0.2, 0.25) is 0 Å². The molecule has 0 aliphatic carbocycles. The van der Waals surface area contributed by atoms with Gasteiger partial charge in [-0.3, -0.25) is 4.90 Å². The Hall–Kier alpha value is -2.71. The molecule has 1 fully saturated rings. The third-order valence-corrected chi connectivity index (χ3v) is 6.17. The van der Waals surface area contributed by atoms with Crippen molar-refractivity contribution in [1.82, 2.24) is 24.6 Å². The summed E-state index contributed by atoms with van der Waals surface area (Å²) >= 11 is 0. The van der Waals surface area contributed by atoms with Crippen molar-refractivity contribution in [2.24, 2.45) is 0 Å². The minimum Gasteiger partial charge on any atom is -0.496 e. The van der Waals surface area contributed by atoms with Crippen molar-refractivity contribution in [2.45, 2.75) is 31.8 Å². The maximum Gasteiger partial charge on any atom is 0.185 e. The molecule has 0 unspecified atom stereocenters. The van der Waals surface area contributed by atoms with Crippen molar-refractivity contribution in [3.8, 4) is 17.1 Å². The maximum absolute atomic E-state index is 5.79. The third-order valence-electron chi connectivity index (χ3n) is 6.17. The van der Waals surface area contributed by atoms with Gasteiger partial charge in [-0.2, -0.15) is 5.10 Å². The highest BCUT2D eigenvalue weighted by Crippen LogP contribution is 2.39. The minimum absolute atomic E-state index is 0.459. The number of ether oxygens (including phenoxy) is 2. The number of methoxy groups -OCH3 is 1. The number of fused-ring (bicyclic) bond motifs is 2. The molecule has 0 saturated carbocycles. The minimum atomic E-state index is 0.459. The van der Waals surface area contributed by atoms with E-state index in [0.29, 0.717) is 11.7 Å². The Bertz CT molecular complexity index is 1070. The van der Waals surface area contributed by atoms with Gasteiger partial charge in [-0.1, -0.05) is 0 Å². The molecule has 1 aromatic carbocycles. The number of benzene rings is 1. The summed E-state index contributed by atoms with van der Waals surface area (Å²) in [6.45, 7) is 4.24. The van der Waals surface area contributed by atoms with Gasteiger partial charge < -0.3 is 14.8 Å². The van der Waals surface area contributed by atoms with Gasteiger partial charge in [0.25, 0.3) is 0 Å². The molecule has 4 heterocycles. The average Bonchev–Trinajstić information content (AvgIpc) is 3.21. The van der Waals surface area contributed by atoms with Crippen LogP contribution in [0.4, 0.5) is 5.82 Å². The number of hydrogen-bond acceptors (Lipinski definition) is 7. The van der Waals surface area contributed by atoms with Gasteiger partial charge >= 0.3 is 0 Å². The van der Waals surface area contributed by atoms with E-state index in [1.54, 1.807) is 7.11 Å². The van der Waals surface area contributed by atoms with Crippen LogP contribution in [0.3, 0.4) is 0 Å². The summed E-state index contributed by atoms with van der Waals surface area (Å²) < 4.78 is 13.4. The molecule has 2 aliphatic heterocycles. The van der Waals surface area contributed by atoms with Crippen LogP contribution in [0, 0.1) is 0 Å². The topological polar surface area (TPSA) is 77.3 Å². The molecule has 30 heavy (non-hydrogen) atoms. The Morgan fingerprint density at radius 1 is 1.13 bits per heavy atom. The summed E-state index contributed by atoms with van der Waals surface area (Å²) in [5.41, 5.74) is 3.12. The molecule has 0 bridgehead atoms. The van der Waals surface area contributed by atoms with E-state index in [1.807, 2.05) is 11.7 Å². The second-order valence-electron chi connectivity index (χ2n) is 8.12. The molecular weight excluding hydrogens is 380 g/mol. The predicted molar refractivity (Wildman–Crippen MR) is 116 cm³/mol. The maximum atomic E-state index is 5.79. The van der Waals surface area contributed by atoms with Crippen LogP contribution in [0.5, 0.6) is 5.75 Å². The van der Waals surface area contributed by atoms with Crippen molar-refractivity contribution < 1.29 is 9.47 Å². The summed E-state index contributed by atoms with van der Waals surface area (Å²) in [7, 11) is 5.72. The summed E-state index contributed by atoms with van der Waals surface area (Å²) in [4.78, 5) is 11.9. The molecule has 158 valence electrons. The van der Waals surface area contributed by atoms with Crippen molar-refractivity contribution >= 4 is 16.7 Å². The fourth-order valence-electron chi connectivity index (χ4n) is 4.47. The van der Waals surface area contributed by atoms with Crippen LogP contribution in [-0.2, 0) is 17.8 Å². The first-order chi connectivity index (χ1) is 14.7. The number of hydrogen-bond donors (Lipinski definition) is 1. The standard InChI is InChI=1S/C22H28N6O2/c1-23-20-12-15(14-4-8-30-9-5-14)16-11-19(29-3)17(10-18(16)24-20)22-25-21-13-27(2)6-7-28(21)26-22/h10-12,14H,4-9,13H2,1-3H3,(H,23,24). The normalized spacial score (nSPS) is 17.8. The lowest BCUT2D eigenvalue weighted by Crippen LogP contribution is -2.30. The first-order valence-electron chi connectivity index (χ1n) is 10.6. The monoisotopic (exact) mass is 408 g/mol. The fraction of sp³-hybridized carbons (Fsp3) is 0.500. The van der Waals surface area contributed by atoms with Gasteiger partial charge in [0.15, 0.2) is 5.82 Å². The van der Waals surface area contributed by atoms with E-state index in [4.69, 9.17) is 24.5 Å². The second kappa shape index (κ2) is 7.85. The van der Waals surface area contributed by atoms with E-state index >= 15 is 0 Å². The van der Waals surface area contributed by atoms with E-state index < -0.39 is 0 Å². The molecule has 0 radical (unpaired) electrons.